The molecule has 3 fully saturated rings. The summed E-state index contributed by atoms with van der Waals surface area (Å²) in [5.41, 5.74) is 1.45. The first-order valence-electron chi connectivity index (χ1n) is 13.3. The van der Waals surface area contributed by atoms with Gasteiger partial charge in [-0.05, 0) is 50.2 Å². The molecule has 3 aliphatic heterocycles. The van der Waals surface area contributed by atoms with Crippen LogP contribution < -0.4 is 4.90 Å². The van der Waals surface area contributed by atoms with Gasteiger partial charge in [-0.3, -0.25) is 14.4 Å². The van der Waals surface area contributed by atoms with Crippen LogP contribution in [0.3, 0.4) is 0 Å². The molecule has 1 aromatic rings. The molecular formula is C29H37ClN2O5S. The van der Waals surface area contributed by atoms with E-state index >= 15 is 0 Å². The minimum absolute atomic E-state index is 0.00209. The Morgan fingerprint density at radius 2 is 2.08 bits per heavy atom. The highest BCUT2D eigenvalue weighted by Gasteiger charge is 2.76. The van der Waals surface area contributed by atoms with Gasteiger partial charge in [0.1, 0.15) is 6.04 Å². The van der Waals surface area contributed by atoms with Crippen LogP contribution in [0.15, 0.2) is 43.5 Å². The first-order chi connectivity index (χ1) is 18.2. The Hall–Kier alpha value is -2.29. The van der Waals surface area contributed by atoms with E-state index in [1.165, 1.54) is 0 Å². The number of likely N-dealkylation sites (tertiary alicyclic amines) is 1. The lowest BCUT2D eigenvalue weighted by atomic mass is 9.66. The monoisotopic (exact) mass is 560 g/mol. The number of carbonyl (C=O) groups excluding carboxylic acids is 3. The van der Waals surface area contributed by atoms with Crippen molar-refractivity contribution in [2.24, 2.45) is 17.8 Å². The molecule has 3 aliphatic rings. The van der Waals surface area contributed by atoms with Gasteiger partial charge in [-0.15, -0.1) is 24.9 Å². The standard InChI is InChI=1S/C29H37ClN2O5S/c1-5-7-16-37-28(36)22-21-17-19(4)29(38-21)23(22)26(34)32(14-8-9-15-33)25(29)27(35)31(13-6-2)24-18(3)11-10-12-20(24)30/h5-6,10-12,19,21-23,25,33H,1-2,7-9,13-17H2,3-4H3/t19?,21-,22+,23-,25?,29?/m0/s1. The summed E-state index contributed by atoms with van der Waals surface area (Å²) in [6.45, 7) is 12.3. The zero-order valence-corrected chi connectivity index (χ0v) is 23.7. The maximum Gasteiger partial charge on any atom is 0.310 e. The lowest BCUT2D eigenvalue weighted by molar-refractivity contribution is -0.154. The molecule has 0 saturated carbocycles. The average Bonchev–Trinajstić information content (AvgIpc) is 3.47. The maximum atomic E-state index is 14.6. The molecule has 3 unspecified atom stereocenters. The van der Waals surface area contributed by atoms with Gasteiger partial charge in [0, 0.05) is 24.9 Å². The highest BCUT2D eigenvalue weighted by Crippen LogP contribution is 2.69. The number of aliphatic hydroxyl groups excluding tert-OH is 1. The number of aliphatic hydroxyl groups is 1. The number of ether oxygens (including phenoxy) is 1. The van der Waals surface area contributed by atoms with Crippen LogP contribution in [-0.2, 0) is 19.1 Å². The Bertz CT molecular complexity index is 1090. The predicted octanol–water partition coefficient (Wildman–Crippen LogP) is 4.40. The van der Waals surface area contributed by atoms with Gasteiger partial charge in [-0.25, -0.2) is 0 Å². The number of para-hydroxylation sites is 1. The number of rotatable bonds is 12. The Morgan fingerprint density at radius 3 is 2.74 bits per heavy atom. The van der Waals surface area contributed by atoms with Crippen molar-refractivity contribution in [3.8, 4) is 0 Å². The molecule has 3 heterocycles. The molecule has 0 aliphatic carbocycles. The number of esters is 1. The van der Waals surface area contributed by atoms with Gasteiger partial charge >= 0.3 is 5.97 Å². The second-order valence-electron chi connectivity index (χ2n) is 10.4. The molecule has 0 aromatic heterocycles. The molecule has 1 aromatic carbocycles. The number of halogens is 1. The van der Waals surface area contributed by atoms with Gasteiger partial charge in [0.2, 0.25) is 5.91 Å². The molecule has 4 rings (SSSR count). The van der Waals surface area contributed by atoms with E-state index in [0.717, 1.165) is 12.0 Å². The Kier molecular flexibility index (Phi) is 8.95. The number of benzene rings is 1. The number of hydrogen-bond acceptors (Lipinski definition) is 6. The second kappa shape index (κ2) is 11.8. The third-order valence-electron chi connectivity index (χ3n) is 8.16. The first-order valence-corrected chi connectivity index (χ1v) is 14.5. The summed E-state index contributed by atoms with van der Waals surface area (Å²) in [6, 6.07) is 4.72. The number of anilines is 1. The molecule has 9 heteroatoms. The van der Waals surface area contributed by atoms with Gasteiger partial charge < -0.3 is 19.6 Å². The molecule has 1 spiro atoms. The third-order valence-corrected chi connectivity index (χ3v) is 10.5. The molecule has 2 amide bonds. The number of fused-ring (bicyclic) bond motifs is 1. The van der Waals surface area contributed by atoms with Crippen molar-refractivity contribution in [2.75, 3.05) is 31.2 Å². The van der Waals surface area contributed by atoms with E-state index in [9.17, 15) is 19.5 Å². The Labute approximate surface area is 234 Å². The van der Waals surface area contributed by atoms with Crippen molar-refractivity contribution >= 4 is 46.8 Å². The Morgan fingerprint density at radius 1 is 1.32 bits per heavy atom. The van der Waals surface area contributed by atoms with Crippen molar-refractivity contribution in [2.45, 2.75) is 55.6 Å². The van der Waals surface area contributed by atoms with Crippen LogP contribution in [0.25, 0.3) is 0 Å². The summed E-state index contributed by atoms with van der Waals surface area (Å²) in [7, 11) is 0. The lowest BCUT2D eigenvalue weighted by Gasteiger charge is -2.40. The van der Waals surface area contributed by atoms with Crippen LogP contribution in [0.2, 0.25) is 5.02 Å². The van der Waals surface area contributed by atoms with Gasteiger partial charge in [-0.2, -0.15) is 0 Å². The molecule has 1 N–H and O–H groups in total. The predicted molar refractivity (Wildman–Crippen MR) is 151 cm³/mol. The van der Waals surface area contributed by atoms with Gasteiger partial charge in [0.15, 0.2) is 0 Å². The molecule has 2 bridgehead atoms. The first kappa shape index (κ1) is 28.7. The number of nitrogens with zero attached hydrogens (tertiary/aromatic N) is 2. The summed E-state index contributed by atoms with van der Waals surface area (Å²) in [6.07, 6.45) is 5.69. The number of hydrogen-bond donors (Lipinski definition) is 1. The third kappa shape index (κ3) is 4.69. The van der Waals surface area contributed by atoms with E-state index in [1.54, 1.807) is 39.8 Å². The Balaban J connectivity index is 1.78. The molecule has 7 nitrogen and oxygen atoms in total. The van der Waals surface area contributed by atoms with Crippen molar-refractivity contribution in [1.82, 2.24) is 4.90 Å². The van der Waals surface area contributed by atoms with E-state index in [2.05, 4.69) is 20.1 Å². The highest BCUT2D eigenvalue weighted by molar-refractivity contribution is 8.02. The van der Waals surface area contributed by atoms with Gasteiger partial charge in [0.25, 0.3) is 5.91 Å². The lowest BCUT2D eigenvalue weighted by Crippen LogP contribution is -2.57. The number of thioether (sulfide) groups is 1. The number of unbranched alkanes of at least 4 members (excludes halogenated alkanes) is 1. The van der Waals surface area contributed by atoms with Crippen LogP contribution in [0.1, 0.15) is 38.2 Å². The summed E-state index contributed by atoms with van der Waals surface area (Å²) >= 11 is 8.23. The van der Waals surface area contributed by atoms with Gasteiger partial charge in [-0.1, -0.05) is 42.8 Å². The zero-order chi connectivity index (χ0) is 27.6. The highest BCUT2D eigenvalue weighted by atomic mass is 35.5. The van der Waals surface area contributed by atoms with Gasteiger partial charge in [0.05, 0.1) is 33.9 Å². The van der Waals surface area contributed by atoms with Crippen LogP contribution >= 0.6 is 23.4 Å². The fourth-order valence-corrected chi connectivity index (χ4v) is 9.30. The number of amides is 2. The average molecular weight is 561 g/mol. The maximum absolute atomic E-state index is 14.6. The smallest absolute Gasteiger partial charge is 0.310 e. The summed E-state index contributed by atoms with van der Waals surface area (Å²) in [5, 5.41) is 9.76. The van der Waals surface area contributed by atoms with Crippen molar-refractivity contribution in [1.29, 1.82) is 0 Å². The number of carbonyl (C=O) groups is 3. The van der Waals surface area contributed by atoms with E-state index in [-0.39, 0.29) is 48.7 Å². The van der Waals surface area contributed by atoms with Crippen molar-refractivity contribution < 1.29 is 24.2 Å². The number of aryl methyl sites for hydroxylation is 1. The molecule has 3 saturated heterocycles. The van der Waals surface area contributed by atoms with Crippen LogP contribution in [-0.4, -0.2) is 70.1 Å². The van der Waals surface area contributed by atoms with E-state index in [0.29, 0.717) is 36.5 Å². The van der Waals surface area contributed by atoms with Crippen LogP contribution in [0, 0.1) is 24.7 Å². The summed E-state index contributed by atoms with van der Waals surface area (Å²) < 4.78 is 4.82. The fraction of sp³-hybridized carbons (Fsp3) is 0.552. The van der Waals surface area contributed by atoms with Crippen molar-refractivity contribution in [3.05, 3.63) is 54.1 Å². The normalized spacial score (nSPS) is 29.3. The summed E-state index contributed by atoms with van der Waals surface area (Å²) in [4.78, 5) is 45.3. The van der Waals surface area contributed by atoms with Crippen LogP contribution in [0.5, 0.6) is 0 Å². The van der Waals surface area contributed by atoms with E-state index in [1.807, 2.05) is 19.1 Å². The molecule has 206 valence electrons. The van der Waals surface area contributed by atoms with Crippen LogP contribution in [0.4, 0.5) is 5.69 Å². The SMILES string of the molecule is C=CCCOC(=O)[C@@H]1[C@@H]2CC(C)C3(S2)C(C(=O)N(CC=C)c2c(C)cccc2Cl)N(CCCCO)C(=O)[C@H]13. The minimum atomic E-state index is -0.773. The molecule has 38 heavy (non-hydrogen) atoms. The second-order valence-corrected chi connectivity index (χ2v) is 12.4. The zero-order valence-electron chi connectivity index (χ0n) is 22.1. The minimum Gasteiger partial charge on any atom is -0.465 e. The van der Waals surface area contributed by atoms with E-state index < -0.39 is 22.6 Å². The largest absolute Gasteiger partial charge is 0.465 e. The fourth-order valence-electron chi connectivity index (χ4n) is 6.57. The van der Waals surface area contributed by atoms with E-state index in [4.69, 9.17) is 16.3 Å². The summed E-state index contributed by atoms with van der Waals surface area (Å²) in [5.74, 6) is -1.97. The molecule has 0 radical (unpaired) electrons. The van der Waals surface area contributed by atoms with Crippen molar-refractivity contribution in [3.63, 3.8) is 0 Å². The topological polar surface area (TPSA) is 87.2 Å². The molecule has 6 atom stereocenters. The quantitative estimate of drug-likeness (QED) is 0.232. The molecular weight excluding hydrogens is 524 g/mol.